The van der Waals surface area contributed by atoms with Crippen LogP contribution in [-0.4, -0.2) is 61.2 Å². The van der Waals surface area contributed by atoms with Gasteiger partial charge in [-0.25, -0.2) is 0 Å². The van der Waals surface area contributed by atoms with Gasteiger partial charge in [0.1, 0.15) is 0 Å². The number of likely N-dealkylation sites (tertiary alicyclic amines) is 1. The SMILES string of the molecule is COCC1CCCN(CC(O)CO)C1. The number of aliphatic hydroxyl groups is 2. The second kappa shape index (κ2) is 6.35. The van der Waals surface area contributed by atoms with Crippen molar-refractivity contribution in [3.05, 3.63) is 0 Å². The fourth-order valence-corrected chi connectivity index (χ4v) is 2.04. The molecule has 0 aromatic carbocycles. The summed E-state index contributed by atoms with van der Waals surface area (Å²) in [5.41, 5.74) is 0. The molecule has 2 N–H and O–H groups in total. The maximum atomic E-state index is 9.30. The van der Waals surface area contributed by atoms with Crippen molar-refractivity contribution >= 4 is 0 Å². The number of rotatable bonds is 5. The van der Waals surface area contributed by atoms with E-state index < -0.39 is 6.10 Å². The zero-order chi connectivity index (χ0) is 10.4. The van der Waals surface area contributed by atoms with E-state index in [0.717, 1.165) is 26.1 Å². The first-order chi connectivity index (χ1) is 6.76. The van der Waals surface area contributed by atoms with E-state index in [9.17, 15) is 5.11 Å². The highest BCUT2D eigenvalue weighted by Crippen LogP contribution is 2.16. The minimum absolute atomic E-state index is 0.147. The molecule has 0 bridgehead atoms. The summed E-state index contributed by atoms with van der Waals surface area (Å²) in [6, 6.07) is 0. The minimum Gasteiger partial charge on any atom is -0.394 e. The molecule has 0 spiro atoms. The summed E-state index contributed by atoms with van der Waals surface area (Å²) in [5.74, 6) is 0.583. The van der Waals surface area contributed by atoms with Gasteiger partial charge in [0.2, 0.25) is 0 Å². The molecule has 1 aliphatic heterocycles. The fraction of sp³-hybridized carbons (Fsp3) is 1.00. The van der Waals surface area contributed by atoms with Gasteiger partial charge >= 0.3 is 0 Å². The Morgan fingerprint density at radius 3 is 3.00 bits per heavy atom. The first-order valence-electron chi connectivity index (χ1n) is 5.26. The predicted octanol–water partition coefficient (Wildman–Crippen LogP) is -0.302. The van der Waals surface area contributed by atoms with Gasteiger partial charge in [0.25, 0.3) is 0 Å². The van der Waals surface area contributed by atoms with Crippen molar-refractivity contribution in [3.8, 4) is 0 Å². The average Bonchev–Trinajstić information content (AvgIpc) is 2.19. The van der Waals surface area contributed by atoms with Gasteiger partial charge in [-0.3, -0.25) is 0 Å². The van der Waals surface area contributed by atoms with Crippen LogP contribution in [0.4, 0.5) is 0 Å². The number of methoxy groups -OCH3 is 1. The second-order valence-corrected chi connectivity index (χ2v) is 4.06. The van der Waals surface area contributed by atoms with Crippen molar-refractivity contribution in [2.24, 2.45) is 5.92 Å². The van der Waals surface area contributed by atoms with Crippen molar-refractivity contribution in [2.75, 3.05) is 40.0 Å². The van der Waals surface area contributed by atoms with Gasteiger partial charge in [-0.2, -0.15) is 0 Å². The number of nitrogens with zero attached hydrogens (tertiary/aromatic N) is 1. The Labute approximate surface area is 85.5 Å². The lowest BCUT2D eigenvalue weighted by atomic mass is 9.99. The molecular weight excluding hydrogens is 182 g/mol. The van der Waals surface area contributed by atoms with Gasteiger partial charge in [0, 0.05) is 20.2 Å². The molecule has 1 saturated heterocycles. The fourth-order valence-electron chi connectivity index (χ4n) is 2.04. The molecule has 1 rings (SSSR count). The van der Waals surface area contributed by atoms with Crippen molar-refractivity contribution in [3.63, 3.8) is 0 Å². The summed E-state index contributed by atoms with van der Waals surface area (Å²) < 4.78 is 5.12. The van der Waals surface area contributed by atoms with Crippen LogP contribution in [-0.2, 0) is 4.74 Å². The molecule has 0 aromatic heterocycles. The summed E-state index contributed by atoms with van der Waals surface area (Å²) in [6.45, 7) is 3.23. The third-order valence-electron chi connectivity index (χ3n) is 2.69. The van der Waals surface area contributed by atoms with Gasteiger partial charge in [0.15, 0.2) is 0 Å². The van der Waals surface area contributed by atoms with E-state index in [2.05, 4.69) is 4.90 Å². The van der Waals surface area contributed by atoms with Gasteiger partial charge in [-0.15, -0.1) is 0 Å². The Balaban J connectivity index is 2.25. The van der Waals surface area contributed by atoms with Crippen LogP contribution in [0.25, 0.3) is 0 Å². The van der Waals surface area contributed by atoms with Crippen LogP contribution >= 0.6 is 0 Å². The van der Waals surface area contributed by atoms with E-state index in [0.29, 0.717) is 12.5 Å². The first kappa shape index (κ1) is 11.9. The van der Waals surface area contributed by atoms with E-state index in [4.69, 9.17) is 9.84 Å². The van der Waals surface area contributed by atoms with Crippen LogP contribution in [0.1, 0.15) is 12.8 Å². The molecule has 1 heterocycles. The number of ether oxygens (including phenoxy) is 1. The van der Waals surface area contributed by atoms with Crippen LogP contribution in [0.5, 0.6) is 0 Å². The number of β-amino-alcohol motifs (C(OH)–C–C–N with tert-alkyl or cyclic N) is 1. The molecule has 2 atom stereocenters. The maximum Gasteiger partial charge on any atom is 0.0897 e. The van der Waals surface area contributed by atoms with Crippen LogP contribution in [0.15, 0.2) is 0 Å². The zero-order valence-electron chi connectivity index (χ0n) is 8.85. The number of piperidine rings is 1. The molecule has 1 fully saturated rings. The van der Waals surface area contributed by atoms with E-state index >= 15 is 0 Å². The van der Waals surface area contributed by atoms with E-state index in [1.165, 1.54) is 6.42 Å². The van der Waals surface area contributed by atoms with Gasteiger partial charge < -0.3 is 19.8 Å². The highest BCUT2D eigenvalue weighted by molar-refractivity contribution is 4.74. The van der Waals surface area contributed by atoms with Gasteiger partial charge in [-0.1, -0.05) is 0 Å². The van der Waals surface area contributed by atoms with Gasteiger partial charge in [-0.05, 0) is 25.3 Å². The number of hydrogen-bond acceptors (Lipinski definition) is 4. The normalized spacial score (nSPS) is 26.4. The summed E-state index contributed by atoms with van der Waals surface area (Å²) in [4.78, 5) is 2.20. The third-order valence-corrected chi connectivity index (χ3v) is 2.69. The van der Waals surface area contributed by atoms with Crippen LogP contribution < -0.4 is 0 Å². The second-order valence-electron chi connectivity index (χ2n) is 4.06. The molecule has 0 amide bonds. The molecular formula is C10H21NO3. The van der Waals surface area contributed by atoms with Crippen LogP contribution in [0.2, 0.25) is 0 Å². The summed E-state index contributed by atoms with van der Waals surface area (Å²) in [6.07, 6.45) is 1.77. The van der Waals surface area contributed by atoms with E-state index in [1.54, 1.807) is 7.11 Å². The summed E-state index contributed by atoms with van der Waals surface area (Å²) in [5, 5.41) is 18.0. The molecule has 4 nitrogen and oxygen atoms in total. The van der Waals surface area contributed by atoms with Crippen molar-refractivity contribution in [2.45, 2.75) is 18.9 Å². The Hall–Kier alpha value is -0.160. The largest absolute Gasteiger partial charge is 0.394 e. The average molecular weight is 203 g/mol. The summed E-state index contributed by atoms with van der Waals surface area (Å²) >= 11 is 0. The Morgan fingerprint density at radius 1 is 1.57 bits per heavy atom. The monoisotopic (exact) mass is 203 g/mol. The number of hydrogen-bond donors (Lipinski definition) is 2. The van der Waals surface area contributed by atoms with Crippen molar-refractivity contribution < 1.29 is 14.9 Å². The molecule has 0 aliphatic carbocycles. The maximum absolute atomic E-state index is 9.30. The highest BCUT2D eigenvalue weighted by Gasteiger charge is 2.21. The zero-order valence-corrected chi connectivity index (χ0v) is 8.85. The van der Waals surface area contributed by atoms with Crippen molar-refractivity contribution in [1.29, 1.82) is 0 Å². The molecule has 84 valence electrons. The first-order valence-corrected chi connectivity index (χ1v) is 5.26. The Kier molecular flexibility index (Phi) is 5.40. The van der Waals surface area contributed by atoms with Crippen LogP contribution in [0.3, 0.4) is 0 Å². The number of aliphatic hydroxyl groups excluding tert-OH is 2. The molecule has 0 saturated carbocycles. The topological polar surface area (TPSA) is 52.9 Å². The quantitative estimate of drug-likeness (QED) is 0.644. The molecule has 4 heteroatoms. The smallest absolute Gasteiger partial charge is 0.0897 e. The van der Waals surface area contributed by atoms with Gasteiger partial charge in [0.05, 0.1) is 19.3 Å². The Morgan fingerprint density at radius 2 is 2.36 bits per heavy atom. The molecule has 0 radical (unpaired) electrons. The lowest BCUT2D eigenvalue weighted by Crippen LogP contribution is -2.42. The predicted molar refractivity (Wildman–Crippen MR) is 54.1 cm³/mol. The highest BCUT2D eigenvalue weighted by atomic mass is 16.5. The Bertz CT molecular complexity index is 152. The molecule has 14 heavy (non-hydrogen) atoms. The minimum atomic E-state index is -0.601. The summed E-state index contributed by atoms with van der Waals surface area (Å²) in [7, 11) is 1.72. The van der Waals surface area contributed by atoms with E-state index in [-0.39, 0.29) is 6.61 Å². The molecule has 1 aliphatic rings. The lowest BCUT2D eigenvalue weighted by molar-refractivity contribution is 0.0318. The lowest BCUT2D eigenvalue weighted by Gasteiger charge is -2.33. The standard InChI is InChI=1S/C10H21NO3/c1-14-8-9-3-2-4-11(5-9)6-10(13)7-12/h9-10,12-13H,2-8H2,1H3. The third kappa shape index (κ3) is 3.92. The van der Waals surface area contributed by atoms with E-state index in [1.807, 2.05) is 0 Å². The van der Waals surface area contributed by atoms with Crippen molar-refractivity contribution in [1.82, 2.24) is 4.90 Å². The molecule has 2 unspecified atom stereocenters. The van der Waals surface area contributed by atoms with Crippen LogP contribution in [0, 0.1) is 5.92 Å². The molecule has 0 aromatic rings.